The minimum atomic E-state index is -1.65. The van der Waals surface area contributed by atoms with Crippen molar-refractivity contribution in [1.82, 2.24) is 0 Å². The van der Waals surface area contributed by atoms with Crippen LogP contribution in [-0.2, 0) is 33.0 Å². The molecule has 11 nitrogen and oxygen atoms in total. The van der Waals surface area contributed by atoms with Gasteiger partial charge >= 0.3 is 5.97 Å². The highest BCUT2D eigenvalue weighted by Gasteiger charge is 2.55. The Bertz CT molecular complexity index is 1530. The van der Waals surface area contributed by atoms with Crippen LogP contribution in [0.3, 0.4) is 0 Å². The number of rotatable bonds is 6. The van der Waals surface area contributed by atoms with E-state index in [-0.39, 0.29) is 61.5 Å². The monoisotopic (exact) mass is 688 g/mol. The summed E-state index contributed by atoms with van der Waals surface area (Å²) in [5.41, 5.74) is 3.63. The van der Waals surface area contributed by atoms with Crippen molar-refractivity contribution in [2.24, 2.45) is 23.7 Å². The molecule has 0 spiro atoms. The summed E-state index contributed by atoms with van der Waals surface area (Å²) < 4.78 is 64.6. The maximum Gasteiger partial charge on any atom is 0.310 e. The summed E-state index contributed by atoms with van der Waals surface area (Å²) in [7, 11) is 1.62. The van der Waals surface area contributed by atoms with Crippen LogP contribution < -0.4 is 18.9 Å². The van der Waals surface area contributed by atoms with Gasteiger partial charge in [0.05, 0.1) is 52.7 Å². The van der Waals surface area contributed by atoms with Crippen molar-refractivity contribution in [1.29, 1.82) is 0 Å². The molecule has 7 rings (SSSR count). The molecule has 1 aliphatic carbocycles. The standard InChI is InChI=1S/C32H38O10.C4H11OP/c1-14-15(2)32(41-26-12-36-17(4)40-29(14)26)42-30-20-10-25-24(38-13-39-25)9-19(20)27(28-21(30)11-37-31(28)33)18-7-22(34-5)16(3)23(8-18)35-6;1-4-6(2,3)5/h7-10,14-15,17,21,26-30,32H,11-13H2,1-6H3;4H2,1-3H3/t14?,15?,17?,21-,26?,27+,28-,29?,30+,32?;/m0./s1. The topological polar surface area (TPSA) is 117 Å². The number of fused-ring (bicyclic) bond motifs is 4. The zero-order valence-electron chi connectivity index (χ0n) is 29.3. The largest absolute Gasteiger partial charge is 0.496 e. The lowest BCUT2D eigenvalue weighted by atomic mass is 9.66. The second-order valence-corrected chi connectivity index (χ2v) is 17.7. The number of hydrogen-bond donors (Lipinski definition) is 0. The van der Waals surface area contributed by atoms with Crippen LogP contribution in [0.25, 0.3) is 0 Å². The molecule has 12 heteroatoms. The zero-order chi connectivity index (χ0) is 34.5. The number of cyclic esters (lactones) is 1. The van der Waals surface area contributed by atoms with Crippen LogP contribution in [0.2, 0.25) is 0 Å². The third kappa shape index (κ3) is 6.56. The third-order valence-electron chi connectivity index (χ3n) is 10.6. The van der Waals surface area contributed by atoms with E-state index >= 15 is 0 Å². The van der Waals surface area contributed by atoms with Crippen molar-refractivity contribution in [2.75, 3.05) is 53.7 Å². The highest BCUT2D eigenvalue weighted by Crippen LogP contribution is 2.57. The molecule has 3 fully saturated rings. The second kappa shape index (κ2) is 13.8. The Kier molecular flexibility index (Phi) is 10.1. The molecule has 4 heterocycles. The first-order valence-corrected chi connectivity index (χ1v) is 19.6. The number of hydrogen-bond acceptors (Lipinski definition) is 11. The number of ether oxygens (including phenoxy) is 9. The number of esters is 1. The molecule has 4 aliphatic heterocycles. The molecule has 10 atom stereocenters. The van der Waals surface area contributed by atoms with E-state index in [0.29, 0.717) is 29.6 Å². The fourth-order valence-corrected chi connectivity index (χ4v) is 7.37. The van der Waals surface area contributed by atoms with Crippen molar-refractivity contribution >= 4 is 13.1 Å². The van der Waals surface area contributed by atoms with Crippen LogP contribution in [0.4, 0.5) is 0 Å². The molecule has 0 amide bonds. The highest BCUT2D eigenvalue weighted by atomic mass is 31.2. The molecule has 0 bridgehead atoms. The summed E-state index contributed by atoms with van der Waals surface area (Å²) in [5.74, 6) is 1.53. The summed E-state index contributed by atoms with van der Waals surface area (Å²) in [6.45, 7) is 14.5. The summed E-state index contributed by atoms with van der Waals surface area (Å²) in [4.78, 5) is 13.5. The normalized spacial score (nSPS) is 33.4. The van der Waals surface area contributed by atoms with E-state index < -0.39 is 25.5 Å². The SMILES string of the molecule is CCP(C)(C)=O.COc1cc([C@@H]2c3cc4c(cc3[C@@H](OC3OC5COC(C)OC5C(C)C3C)[C@H]3COC(=O)[C@H]23)OCO4)cc(OC)c1C. The Morgan fingerprint density at radius 2 is 1.50 bits per heavy atom. The first kappa shape index (κ1) is 35.0. The van der Waals surface area contributed by atoms with Gasteiger partial charge in [-0.25, -0.2) is 0 Å². The van der Waals surface area contributed by atoms with E-state index in [1.165, 1.54) is 0 Å². The molecular weight excluding hydrogens is 639 g/mol. The van der Waals surface area contributed by atoms with Gasteiger partial charge in [0.2, 0.25) is 6.79 Å². The van der Waals surface area contributed by atoms with Crippen molar-refractivity contribution in [3.63, 3.8) is 0 Å². The fourth-order valence-electron chi connectivity index (χ4n) is 7.37. The van der Waals surface area contributed by atoms with Crippen LogP contribution in [-0.4, -0.2) is 84.5 Å². The Morgan fingerprint density at radius 3 is 2.10 bits per heavy atom. The van der Waals surface area contributed by atoms with Gasteiger partial charge in [-0.2, -0.15) is 0 Å². The van der Waals surface area contributed by atoms with Crippen LogP contribution >= 0.6 is 7.14 Å². The van der Waals surface area contributed by atoms with Gasteiger partial charge < -0.3 is 47.2 Å². The molecule has 48 heavy (non-hydrogen) atoms. The quantitative estimate of drug-likeness (QED) is 0.258. The van der Waals surface area contributed by atoms with Gasteiger partial charge in [0.1, 0.15) is 17.6 Å². The smallest absolute Gasteiger partial charge is 0.310 e. The molecule has 5 aliphatic rings. The van der Waals surface area contributed by atoms with E-state index in [2.05, 4.69) is 13.8 Å². The van der Waals surface area contributed by atoms with Gasteiger partial charge in [-0.15, -0.1) is 0 Å². The molecule has 264 valence electrons. The van der Waals surface area contributed by atoms with E-state index in [9.17, 15) is 9.36 Å². The number of benzene rings is 2. The second-order valence-electron chi connectivity index (χ2n) is 13.9. The Labute approximate surface area is 283 Å². The molecular formula is C36H49O11P. The molecule has 2 aromatic rings. The predicted molar refractivity (Wildman–Crippen MR) is 178 cm³/mol. The van der Waals surface area contributed by atoms with Crippen LogP contribution in [0, 0.1) is 30.6 Å². The van der Waals surface area contributed by atoms with Gasteiger partial charge in [-0.05, 0) is 80.2 Å². The van der Waals surface area contributed by atoms with E-state index in [0.717, 1.165) is 28.4 Å². The lowest BCUT2D eigenvalue weighted by Gasteiger charge is -2.49. The van der Waals surface area contributed by atoms with Crippen molar-refractivity contribution in [3.05, 3.63) is 46.5 Å². The molecule has 0 radical (unpaired) electrons. The van der Waals surface area contributed by atoms with Gasteiger partial charge in [-0.1, -0.05) is 20.8 Å². The number of carbonyl (C=O) groups is 1. The average molecular weight is 689 g/mol. The third-order valence-corrected chi connectivity index (χ3v) is 12.1. The van der Waals surface area contributed by atoms with Crippen molar-refractivity contribution in [2.45, 2.75) is 71.4 Å². The number of methoxy groups -OCH3 is 2. The van der Waals surface area contributed by atoms with Gasteiger partial charge in [0.25, 0.3) is 0 Å². The first-order valence-electron chi connectivity index (χ1n) is 16.8. The maximum absolute atomic E-state index is 13.5. The lowest BCUT2D eigenvalue weighted by Crippen LogP contribution is -2.57. The highest BCUT2D eigenvalue weighted by molar-refractivity contribution is 7.62. The van der Waals surface area contributed by atoms with Crippen LogP contribution in [0.5, 0.6) is 23.0 Å². The molecule has 0 saturated carbocycles. The number of carbonyl (C=O) groups excluding carboxylic acids is 1. The average Bonchev–Trinajstić information content (AvgIpc) is 3.69. The van der Waals surface area contributed by atoms with Gasteiger partial charge in [-0.3, -0.25) is 4.79 Å². The Balaban J connectivity index is 0.000000615. The minimum absolute atomic E-state index is 0.0360. The minimum Gasteiger partial charge on any atom is -0.496 e. The molecule has 2 aromatic carbocycles. The maximum atomic E-state index is 13.5. The van der Waals surface area contributed by atoms with Crippen molar-refractivity contribution in [3.8, 4) is 23.0 Å². The molecule has 3 saturated heterocycles. The summed E-state index contributed by atoms with van der Waals surface area (Å²) in [5, 5.41) is 0. The van der Waals surface area contributed by atoms with E-state index in [1.54, 1.807) is 27.5 Å². The van der Waals surface area contributed by atoms with E-state index in [4.69, 9.17) is 42.6 Å². The molecule has 6 unspecified atom stereocenters. The summed E-state index contributed by atoms with van der Waals surface area (Å²) in [6.07, 6.45) is -0.761. The molecule has 0 N–H and O–H groups in total. The summed E-state index contributed by atoms with van der Waals surface area (Å²) >= 11 is 0. The van der Waals surface area contributed by atoms with Crippen molar-refractivity contribution < 1.29 is 52.0 Å². The fraction of sp³-hybridized carbons (Fsp3) is 0.639. The van der Waals surface area contributed by atoms with Crippen LogP contribution in [0.1, 0.15) is 62.0 Å². The summed E-state index contributed by atoms with van der Waals surface area (Å²) in [6, 6.07) is 7.94. The lowest BCUT2D eigenvalue weighted by molar-refractivity contribution is -0.345. The predicted octanol–water partition coefficient (Wildman–Crippen LogP) is 6.12. The first-order chi connectivity index (χ1) is 22.8. The Morgan fingerprint density at radius 1 is 0.875 bits per heavy atom. The Hall–Kier alpha value is -2.82. The van der Waals surface area contributed by atoms with Gasteiger partial charge in [0.15, 0.2) is 24.1 Å². The van der Waals surface area contributed by atoms with Gasteiger partial charge in [0, 0.05) is 23.3 Å². The zero-order valence-corrected chi connectivity index (χ0v) is 30.2. The van der Waals surface area contributed by atoms with Crippen LogP contribution in [0.15, 0.2) is 24.3 Å². The molecule has 0 aromatic heterocycles. The van der Waals surface area contributed by atoms with E-state index in [1.807, 2.05) is 45.0 Å².